The number of hydrogen-bond acceptors (Lipinski definition) is 7. The van der Waals surface area contributed by atoms with Crippen molar-refractivity contribution in [3.8, 4) is 12.1 Å². The largest absolute Gasteiger partial charge is 0.467 e. The zero-order chi connectivity index (χ0) is 25.4. The first-order valence-corrected chi connectivity index (χ1v) is 12.3. The number of anilines is 2. The predicted molar refractivity (Wildman–Crippen MR) is 135 cm³/mol. The molecule has 2 amide bonds. The summed E-state index contributed by atoms with van der Waals surface area (Å²) < 4.78 is 5.46. The number of benzene rings is 1. The van der Waals surface area contributed by atoms with E-state index in [4.69, 9.17) is 4.74 Å². The molecule has 1 aromatic carbocycles. The standard InChI is InChI=1S/C27H30N6O3/c1-4-22(34)33-13-12-32(16-19(33)9-11-28)24-23-21(29-26(31-24)36-3)15-27(25(35)30-23)10-5-6-18-8-7-17(2)14-20(18)27/h4,7-8,14,19H,1,5-6,9-10,12-13,15-16H2,2-3H3,(H,30,35). The van der Waals surface area contributed by atoms with Crippen LogP contribution in [0.25, 0.3) is 0 Å². The summed E-state index contributed by atoms with van der Waals surface area (Å²) in [6, 6.07) is 8.48. The normalized spacial score (nSPS) is 22.8. The smallest absolute Gasteiger partial charge is 0.318 e. The molecule has 2 atom stereocenters. The van der Waals surface area contributed by atoms with Gasteiger partial charge in [-0.25, -0.2) is 0 Å². The Kier molecular flexibility index (Phi) is 6.12. The molecule has 1 N–H and O–H groups in total. The Hall–Kier alpha value is -3.93. The number of aryl methyl sites for hydroxylation is 2. The van der Waals surface area contributed by atoms with E-state index >= 15 is 0 Å². The highest BCUT2D eigenvalue weighted by atomic mass is 16.5. The molecule has 0 radical (unpaired) electrons. The molecular formula is C27H30N6O3. The fourth-order valence-corrected chi connectivity index (χ4v) is 5.87. The maximum atomic E-state index is 13.8. The average molecular weight is 487 g/mol. The number of amides is 2. The summed E-state index contributed by atoms with van der Waals surface area (Å²) in [7, 11) is 1.53. The highest BCUT2D eigenvalue weighted by Crippen LogP contribution is 2.46. The zero-order valence-electron chi connectivity index (χ0n) is 20.7. The molecule has 0 bridgehead atoms. The van der Waals surface area contributed by atoms with Crippen molar-refractivity contribution in [2.75, 3.05) is 37.0 Å². The van der Waals surface area contributed by atoms with E-state index in [1.165, 1.54) is 18.7 Å². The van der Waals surface area contributed by atoms with Crippen molar-refractivity contribution in [2.24, 2.45) is 0 Å². The summed E-state index contributed by atoms with van der Waals surface area (Å²) >= 11 is 0. The van der Waals surface area contributed by atoms with Crippen LogP contribution in [0.5, 0.6) is 6.01 Å². The van der Waals surface area contributed by atoms with E-state index in [2.05, 4.69) is 53.1 Å². The van der Waals surface area contributed by atoms with Crippen LogP contribution in [0.4, 0.5) is 11.5 Å². The predicted octanol–water partition coefficient (Wildman–Crippen LogP) is 2.68. The van der Waals surface area contributed by atoms with E-state index in [0.717, 1.165) is 36.1 Å². The summed E-state index contributed by atoms with van der Waals surface area (Å²) in [5, 5.41) is 12.5. The first kappa shape index (κ1) is 23.8. The molecule has 9 nitrogen and oxygen atoms in total. The lowest BCUT2D eigenvalue weighted by molar-refractivity contribution is -0.128. The van der Waals surface area contributed by atoms with Crippen molar-refractivity contribution in [1.29, 1.82) is 5.26 Å². The van der Waals surface area contributed by atoms with Gasteiger partial charge in [-0.2, -0.15) is 15.2 Å². The number of carbonyl (C=O) groups excluding carboxylic acids is 2. The molecule has 3 heterocycles. The SMILES string of the molecule is C=CC(=O)N1CCN(c2nc(OC)nc3c2NC(=O)C2(CCCc4ccc(C)cc42)C3)CC1CC#N. The van der Waals surface area contributed by atoms with Gasteiger partial charge in [0.1, 0.15) is 5.69 Å². The second-order valence-electron chi connectivity index (χ2n) is 9.78. The third-order valence-electron chi connectivity index (χ3n) is 7.67. The molecule has 0 saturated carbocycles. The van der Waals surface area contributed by atoms with E-state index in [0.29, 0.717) is 37.6 Å². The van der Waals surface area contributed by atoms with E-state index in [1.54, 1.807) is 4.90 Å². The molecule has 186 valence electrons. The third kappa shape index (κ3) is 3.87. The van der Waals surface area contributed by atoms with Crippen molar-refractivity contribution in [1.82, 2.24) is 14.9 Å². The number of carbonyl (C=O) groups is 2. The zero-order valence-corrected chi connectivity index (χ0v) is 20.7. The molecule has 1 saturated heterocycles. The highest BCUT2D eigenvalue weighted by molar-refractivity contribution is 6.04. The van der Waals surface area contributed by atoms with Gasteiger partial charge in [0.05, 0.1) is 36.8 Å². The Morgan fingerprint density at radius 2 is 2.22 bits per heavy atom. The van der Waals surface area contributed by atoms with Gasteiger partial charge in [0.2, 0.25) is 11.8 Å². The Balaban J connectivity index is 1.55. The maximum absolute atomic E-state index is 13.8. The lowest BCUT2D eigenvalue weighted by Gasteiger charge is -2.44. The molecule has 3 aliphatic rings. The van der Waals surface area contributed by atoms with Crippen molar-refractivity contribution >= 4 is 23.3 Å². The Labute approximate surface area is 210 Å². The van der Waals surface area contributed by atoms with Crippen LogP contribution in [0.3, 0.4) is 0 Å². The van der Waals surface area contributed by atoms with Gasteiger partial charge < -0.3 is 19.9 Å². The Morgan fingerprint density at radius 3 is 2.97 bits per heavy atom. The number of fused-ring (bicyclic) bond motifs is 3. The van der Waals surface area contributed by atoms with Crippen LogP contribution in [-0.2, 0) is 27.8 Å². The molecular weight excluding hydrogens is 456 g/mol. The number of nitrogens with one attached hydrogen (secondary N) is 1. The van der Waals surface area contributed by atoms with Crippen LogP contribution >= 0.6 is 0 Å². The number of piperazine rings is 1. The van der Waals surface area contributed by atoms with Gasteiger partial charge in [-0.05, 0) is 43.4 Å². The van der Waals surface area contributed by atoms with Crippen LogP contribution in [-0.4, -0.2) is 59.5 Å². The van der Waals surface area contributed by atoms with Crippen molar-refractivity contribution in [3.05, 3.63) is 53.2 Å². The highest BCUT2D eigenvalue weighted by Gasteiger charge is 2.48. The van der Waals surface area contributed by atoms with Crippen LogP contribution in [0.15, 0.2) is 30.9 Å². The van der Waals surface area contributed by atoms with Crippen molar-refractivity contribution in [2.45, 2.75) is 50.5 Å². The average Bonchev–Trinajstić information content (AvgIpc) is 2.89. The number of aromatic nitrogens is 2. The summed E-state index contributed by atoms with van der Waals surface area (Å²) in [5.41, 5.74) is 4.08. The van der Waals surface area contributed by atoms with Gasteiger partial charge in [-0.1, -0.05) is 30.3 Å². The fourth-order valence-electron chi connectivity index (χ4n) is 5.87. The second kappa shape index (κ2) is 9.26. The van der Waals surface area contributed by atoms with Gasteiger partial charge in [-0.15, -0.1) is 0 Å². The lowest BCUT2D eigenvalue weighted by atomic mass is 9.65. The molecule has 36 heavy (non-hydrogen) atoms. The van der Waals surface area contributed by atoms with Gasteiger partial charge >= 0.3 is 6.01 Å². The number of ether oxygens (including phenoxy) is 1. The van der Waals surface area contributed by atoms with E-state index < -0.39 is 5.41 Å². The van der Waals surface area contributed by atoms with Gasteiger partial charge in [0.25, 0.3) is 0 Å². The van der Waals surface area contributed by atoms with Crippen molar-refractivity contribution in [3.63, 3.8) is 0 Å². The van der Waals surface area contributed by atoms with E-state index in [1.807, 2.05) is 4.90 Å². The number of nitriles is 1. The van der Waals surface area contributed by atoms with Crippen LogP contribution in [0, 0.1) is 18.3 Å². The minimum absolute atomic E-state index is 0.0365. The topological polar surface area (TPSA) is 111 Å². The molecule has 9 heteroatoms. The lowest BCUT2D eigenvalue weighted by Crippen LogP contribution is -2.55. The van der Waals surface area contributed by atoms with Gasteiger partial charge in [-0.3, -0.25) is 9.59 Å². The minimum Gasteiger partial charge on any atom is -0.467 e. The van der Waals surface area contributed by atoms with Crippen LogP contribution in [0.2, 0.25) is 0 Å². The molecule has 2 unspecified atom stereocenters. The van der Waals surface area contributed by atoms with E-state index in [-0.39, 0.29) is 30.3 Å². The quantitative estimate of drug-likeness (QED) is 0.662. The number of hydrogen-bond donors (Lipinski definition) is 1. The van der Waals surface area contributed by atoms with E-state index in [9.17, 15) is 14.9 Å². The fraction of sp³-hybridized carbons (Fsp3) is 0.444. The second-order valence-corrected chi connectivity index (χ2v) is 9.78. The molecule has 1 spiro atoms. The molecule has 2 aliphatic heterocycles. The Morgan fingerprint density at radius 1 is 1.39 bits per heavy atom. The molecule has 1 fully saturated rings. The summed E-state index contributed by atoms with van der Waals surface area (Å²) in [4.78, 5) is 39.1. The molecule has 1 aromatic heterocycles. The third-order valence-corrected chi connectivity index (χ3v) is 7.67. The van der Waals surface area contributed by atoms with Gasteiger partial charge in [0, 0.05) is 26.1 Å². The minimum atomic E-state index is -0.679. The molecule has 1 aliphatic carbocycles. The summed E-state index contributed by atoms with van der Waals surface area (Å²) in [6.07, 6.45) is 4.58. The summed E-state index contributed by atoms with van der Waals surface area (Å²) in [6.45, 7) is 6.96. The Bertz CT molecular complexity index is 1290. The number of rotatable bonds is 4. The number of methoxy groups -OCH3 is 1. The molecule has 2 aromatic rings. The first-order chi connectivity index (χ1) is 17.4. The van der Waals surface area contributed by atoms with Crippen LogP contribution < -0.4 is 15.0 Å². The number of nitrogens with zero attached hydrogens (tertiary/aromatic N) is 5. The first-order valence-electron chi connectivity index (χ1n) is 12.3. The summed E-state index contributed by atoms with van der Waals surface area (Å²) in [5.74, 6) is 0.332. The maximum Gasteiger partial charge on any atom is 0.318 e. The molecule has 5 rings (SSSR count). The van der Waals surface area contributed by atoms with Gasteiger partial charge in [0.15, 0.2) is 5.82 Å². The monoisotopic (exact) mass is 486 g/mol. The van der Waals surface area contributed by atoms with Crippen molar-refractivity contribution < 1.29 is 14.3 Å². The van der Waals surface area contributed by atoms with Crippen LogP contribution in [0.1, 0.15) is 41.6 Å².